The van der Waals surface area contributed by atoms with Gasteiger partial charge in [-0.2, -0.15) is 5.26 Å². The molecule has 0 saturated heterocycles. The molecule has 3 aromatic rings. The van der Waals surface area contributed by atoms with Gasteiger partial charge in [-0.15, -0.1) is 0 Å². The molecule has 0 fully saturated rings. The molecule has 1 amide bonds. The first kappa shape index (κ1) is 21.7. The zero-order chi connectivity index (χ0) is 20.1. The number of rotatable bonds is 5. The van der Waals surface area contributed by atoms with Crippen molar-refractivity contribution >= 4 is 5.91 Å². The second-order valence-electron chi connectivity index (χ2n) is 6.61. The molecule has 0 radical (unpaired) electrons. The molecule has 1 aromatic carbocycles. The normalized spacial score (nSPS) is 11.1. The van der Waals surface area contributed by atoms with E-state index in [0.29, 0.717) is 22.3 Å². The Bertz CT molecular complexity index is 1040. The SMILES string of the molecule is C.Cc1ccc(-c2cc(C(=O)N[C@@H](C)CO)cc(-c3cnccc3C#N)c2)nc1. The summed E-state index contributed by atoms with van der Waals surface area (Å²) in [6, 6.07) is 12.6. The lowest BCUT2D eigenvalue weighted by Crippen LogP contribution is -2.35. The van der Waals surface area contributed by atoms with E-state index in [4.69, 9.17) is 0 Å². The molecule has 0 bridgehead atoms. The maximum absolute atomic E-state index is 12.7. The van der Waals surface area contributed by atoms with Crippen LogP contribution in [0.5, 0.6) is 0 Å². The fourth-order valence-corrected chi connectivity index (χ4v) is 2.78. The first-order valence-corrected chi connectivity index (χ1v) is 8.86. The van der Waals surface area contributed by atoms with Crippen molar-refractivity contribution in [2.24, 2.45) is 0 Å². The minimum atomic E-state index is -0.370. The number of amides is 1. The Morgan fingerprint density at radius 3 is 2.62 bits per heavy atom. The van der Waals surface area contributed by atoms with Crippen LogP contribution in [0.3, 0.4) is 0 Å². The van der Waals surface area contributed by atoms with Crippen LogP contribution in [0.1, 0.15) is 35.8 Å². The number of aromatic nitrogens is 2. The zero-order valence-electron chi connectivity index (χ0n) is 15.7. The highest BCUT2D eigenvalue weighted by Crippen LogP contribution is 2.29. The average Bonchev–Trinajstić information content (AvgIpc) is 2.73. The van der Waals surface area contributed by atoms with Crippen molar-refractivity contribution in [3.05, 3.63) is 71.7 Å². The standard InChI is InChI=1S/C22H20N4O2.CH4/c1-14-3-4-21(25-11-14)18-7-17(20-12-24-6-5-16(20)10-23)8-19(9-18)22(28)26-15(2)13-27;/h3-9,11-12,15,27H,13H2,1-2H3,(H,26,28);1H4/t15-;/m0./s1. The van der Waals surface area contributed by atoms with Crippen LogP contribution in [-0.4, -0.2) is 33.6 Å². The van der Waals surface area contributed by atoms with Gasteiger partial charge in [-0.25, -0.2) is 0 Å². The van der Waals surface area contributed by atoms with E-state index in [9.17, 15) is 15.2 Å². The number of nitrogens with zero attached hydrogens (tertiary/aromatic N) is 3. The third kappa shape index (κ3) is 5.03. The first-order valence-electron chi connectivity index (χ1n) is 8.86. The average molecular weight is 388 g/mol. The monoisotopic (exact) mass is 388 g/mol. The van der Waals surface area contributed by atoms with Crippen LogP contribution < -0.4 is 5.32 Å². The molecule has 2 heterocycles. The Labute approximate surface area is 170 Å². The van der Waals surface area contributed by atoms with Gasteiger partial charge < -0.3 is 10.4 Å². The Hall–Kier alpha value is -3.56. The van der Waals surface area contributed by atoms with Crippen molar-refractivity contribution in [2.45, 2.75) is 27.3 Å². The van der Waals surface area contributed by atoms with E-state index in [1.54, 1.807) is 43.7 Å². The van der Waals surface area contributed by atoms with E-state index >= 15 is 0 Å². The van der Waals surface area contributed by atoms with E-state index in [1.165, 1.54) is 0 Å². The van der Waals surface area contributed by atoms with E-state index in [2.05, 4.69) is 21.4 Å². The highest BCUT2D eigenvalue weighted by atomic mass is 16.3. The largest absolute Gasteiger partial charge is 0.394 e. The molecular formula is C23H24N4O2. The van der Waals surface area contributed by atoms with Gasteiger partial charge in [0.1, 0.15) is 0 Å². The summed E-state index contributed by atoms with van der Waals surface area (Å²) in [6.07, 6.45) is 4.93. The van der Waals surface area contributed by atoms with Crippen molar-refractivity contribution in [2.75, 3.05) is 6.61 Å². The van der Waals surface area contributed by atoms with Gasteiger partial charge in [0, 0.05) is 41.3 Å². The first-order chi connectivity index (χ1) is 13.5. The lowest BCUT2D eigenvalue weighted by molar-refractivity contribution is 0.0922. The van der Waals surface area contributed by atoms with Gasteiger partial charge in [0.15, 0.2) is 0 Å². The molecule has 29 heavy (non-hydrogen) atoms. The van der Waals surface area contributed by atoms with Crippen LogP contribution in [0.15, 0.2) is 55.0 Å². The summed E-state index contributed by atoms with van der Waals surface area (Å²) >= 11 is 0. The van der Waals surface area contributed by atoms with Crippen LogP contribution in [0.25, 0.3) is 22.4 Å². The number of carbonyl (C=O) groups is 1. The Morgan fingerprint density at radius 2 is 1.97 bits per heavy atom. The lowest BCUT2D eigenvalue weighted by atomic mass is 9.96. The number of benzene rings is 1. The molecule has 0 spiro atoms. The summed E-state index contributed by atoms with van der Waals surface area (Å²) in [5.41, 5.74) is 4.75. The van der Waals surface area contributed by atoms with Crippen LogP contribution in [0, 0.1) is 18.3 Å². The van der Waals surface area contributed by atoms with E-state index < -0.39 is 0 Å². The van der Waals surface area contributed by atoms with Gasteiger partial charge >= 0.3 is 0 Å². The molecule has 3 rings (SSSR count). The second-order valence-corrected chi connectivity index (χ2v) is 6.61. The Kier molecular flexibility index (Phi) is 7.18. The summed E-state index contributed by atoms with van der Waals surface area (Å²) in [4.78, 5) is 21.2. The third-order valence-corrected chi connectivity index (χ3v) is 4.31. The molecule has 148 valence electrons. The topological polar surface area (TPSA) is 98.9 Å². The van der Waals surface area contributed by atoms with Crippen LogP contribution in [0.2, 0.25) is 0 Å². The summed E-state index contributed by atoms with van der Waals surface area (Å²) in [6.45, 7) is 3.52. The number of nitrogens with one attached hydrogen (secondary N) is 1. The van der Waals surface area contributed by atoms with Crippen LogP contribution >= 0.6 is 0 Å². The Balaban J connectivity index is 0.00000300. The Morgan fingerprint density at radius 1 is 1.21 bits per heavy atom. The van der Waals surface area contributed by atoms with Crippen molar-refractivity contribution in [1.29, 1.82) is 5.26 Å². The number of aliphatic hydroxyl groups is 1. The number of aliphatic hydroxyl groups excluding tert-OH is 1. The van der Waals surface area contributed by atoms with Gasteiger partial charge in [-0.05, 0) is 55.3 Å². The summed E-state index contributed by atoms with van der Waals surface area (Å²) in [5.74, 6) is -0.306. The van der Waals surface area contributed by atoms with Gasteiger partial charge in [0.2, 0.25) is 0 Å². The van der Waals surface area contributed by atoms with Gasteiger partial charge in [0.05, 0.1) is 23.9 Å². The van der Waals surface area contributed by atoms with Crippen molar-refractivity contribution in [3.8, 4) is 28.5 Å². The number of aryl methyl sites for hydroxylation is 1. The fourth-order valence-electron chi connectivity index (χ4n) is 2.78. The maximum atomic E-state index is 12.7. The van der Waals surface area contributed by atoms with Crippen molar-refractivity contribution in [1.82, 2.24) is 15.3 Å². The van der Waals surface area contributed by atoms with Gasteiger partial charge in [-0.1, -0.05) is 13.5 Å². The summed E-state index contributed by atoms with van der Waals surface area (Å²) in [5, 5.41) is 21.4. The molecule has 1 atom stereocenters. The second kappa shape index (κ2) is 9.58. The summed E-state index contributed by atoms with van der Waals surface area (Å²) in [7, 11) is 0. The smallest absolute Gasteiger partial charge is 0.251 e. The van der Waals surface area contributed by atoms with E-state index in [0.717, 1.165) is 16.8 Å². The lowest BCUT2D eigenvalue weighted by Gasteiger charge is -2.14. The molecular weight excluding hydrogens is 364 g/mol. The highest BCUT2D eigenvalue weighted by molar-refractivity contribution is 5.97. The number of hydrogen-bond acceptors (Lipinski definition) is 5. The fraction of sp³-hybridized carbons (Fsp3) is 0.217. The van der Waals surface area contributed by atoms with Crippen LogP contribution in [-0.2, 0) is 0 Å². The molecule has 0 unspecified atom stereocenters. The molecule has 0 aliphatic carbocycles. The van der Waals surface area contributed by atoms with Crippen LogP contribution in [0.4, 0.5) is 0 Å². The highest BCUT2D eigenvalue weighted by Gasteiger charge is 2.15. The van der Waals surface area contributed by atoms with Crippen molar-refractivity contribution in [3.63, 3.8) is 0 Å². The van der Waals surface area contributed by atoms with Gasteiger partial charge in [0.25, 0.3) is 5.91 Å². The minimum absolute atomic E-state index is 0. The van der Waals surface area contributed by atoms with Gasteiger partial charge in [-0.3, -0.25) is 14.8 Å². The molecule has 6 heteroatoms. The predicted octanol–water partition coefficient (Wildman–Crippen LogP) is 3.74. The van der Waals surface area contributed by atoms with E-state index in [1.807, 2.05) is 25.1 Å². The number of nitriles is 1. The zero-order valence-corrected chi connectivity index (χ0v) is 15.7. The van der Waals surface area contributed by atoms with E-state index in [-0.39, 0.29) is 26.0 Å². The molecule has 6 nitrogen and oxygen atoms in total. The number of pyridine rings is 2. The number of hydrogen-bond donors (Lipinski definition) is 2. The number of carbonyl (C=O) groups excluding carboxylic acids is 1. The molecule has 0 aliphatic heterocycles. The minimum Gasteiger partial charge on any atom is -0.394 e. The molecule has 0 aliphatic rings. The third-order valence-electron chi connectivity index (χ3n) is 4.31. The molecule has 2 aromatic heterocycles. The maximum Gasteiger partial charge on any atom is 0.251 e. The van der Waals surface area contributed by atoms with Crippen molar-refractivity contribution < 1.29 is 9.90 Å². The quantitative estimate of drug-likeness (QED) is 0.694. The predicted molar refractivity (Wildman–Crippen MR) is 113 cm³/mol. The summed E-state index contributed by atoms with van der Waals surface area (Å²) < 4.78 is 0. The molecule has 2 N–H and O–H groups in total. The molecule has 0 saturated carbocycles.